The zero-order valence-corrected chi connectivity index (χ0v) is 21.2. The van der Waals surface area contributed by atoms with Gasteiger partial charge in [0.15, 0.2) is 5.13 Å². The monoisotopic (exact) mass is 500 g/mol. The molecule has 2 aromatic heterocycles. The third-order valence-electron chi connectivity index (χ3n) is 6.75. The number of urea groups is 1. The number of aryl methyl sites for hydroxylation is 1. The van der Waals surface area contributed by atoms with Crippen LogP contribution in [0, 0.1) is 28.1 Å². The van der Waals surface area contributed by atoms with Crippen LogP contribution in [0.4, 0.5) is 9.93 Å². The van der Waals surface area contributed by atoms with Crippen LogP contribution in [0.25, 0.3) is 21.7 Å². The number of thiazole rings is 1. The molecule has 3 aromatic rings. The van der Waals surface area contributed by atoms with E-state index in [1.165, 1.54) is 11.3 Å². The summed E-state index contributed by atoms with van der Waals surface area (Å²) in [6.45, 7) is 4.88. The van der Waals surface area contributed by atoms with Crippen molar-refractivity contribution in [2.45, 2.75) is 46.1 Å². The second-order valence-corrected chi connectivity index (χ2v) is 9.90. The standard InChI is InChI=1S/C27H28N6O2S/c1-3-21-13-20(14-22(16-34)30-21)24-23(19-7-5-6-18(12-19)15-28)31-25(36-24)32-26(35)33-10-8-27(4-2,17-29)9-11-33/h5-7,12-14,34H,3-4,8-11,16H2,1-2H3,(H,31,32,35). The van der Waals surface area contributed by atoms with Crippen molar-refractivity contribution in [1.29, 1.82) is 10.5 Å². The molecule has 0 bridgehead atoms. The molecule has 184 valence electrons. The van der Waals surface area contributed by atoms with Crippen molar-refractivity contribution in [2.24, 2.45) is 5.41 Å². The van der Waals surface area contributed by atoms with Crippen LogP contribution >= 0.6 is 11.3 Å². The summed E-state index contributed by atoms with van der Waals surface area (Å²) in [6.07, 6.45) is 2.80. The molecule has 1 fully saturated rings. The van der Waals surface area contributed by atoms with E-state index in [4.69, 9.17) is 4.98 Å². The Morgan fingerprint density at radius 1 is 1.14 bits per heavy atom. The maximum atomic E-state index is 13.1. The Bertz CT molecular complexity index is 1320. The molecular weight excluding hydrogens is 472 g/mol. The van der Waals surface area contributed by atoms with Crippen molar-refractivity contribution >= 4 is 22.5 Å². The number of aliphatic hydroxyl groups is 1. The van der Waals surface area contributed by atoms with Gasteiger partial charge in [-0.1, -0.05) is 37.3 Å². The molecule has 1 aliphatic heterocycles. The lowest BCUT2D eigenvalue weighted by atomic mass is 9.78. The quantitative estimate of drug-likeness (QED) is 0.470. The lowest BCUT2D eigenvalue weighted by Crippen LogP contribution is -2.44. The maximum Gasteiger partial charge on any atom is 0.323 e. The van der Waals surface area contributed by atoms with E-state index in [0.29, 0.717) is 54.4 Å². The first-order valence-corrected chi connectivity index (χ1v) is 12.9. The van der Waals surface area contributed by atoms with E-state index in [1.54, 1.807) is 23.1 Å². The molecule has 2 amide bonds. The predicted molar refractivity (Wildman–Crippen MR) is 139 cm³/mol. The Morgan fingerprint density at radius 2 is 1.89 bits per heavy atom. The van der Waals surface area contributed by atoms with Crippen LogP contribution in [0.2, 0.25) is 0 Å². The van der Waals surface area contributed by atoms with E-state index in [9.17, 15) is 20.4 Å². The molecule has 4 rings (SSSR count). The van der Waals surface area contributed by atoms with E-state index < -0.39 is 0 Å². The summed E-state index contributed by atoms with van der Waals surface area (Å²) in [6, 6.07) is 15.4. The number of nitrogens with zero attached hydrogens (tertiary/aromatic N) is 5. The van der Waals surface area contributed by atoms with Crippen LogP contribution in [0.3, 0.4) is 0 Å². The molecule has 0 spiro atoms. The lowest BCUT2D eigenvalue weighted by molar-refractivity contribution is 0.155. The number of hydrogen-bond donors (Lipinski definition) is 2. The third-order valence-corrected chi connectivity index (χ3v) is 7.77. The van der Waals surface area contributed by atoms with Crippen molar-refractivity contribution in [3.05, 3.63) is 53.3 Å². The van der Waals surface area contributed by atoms with E-state index in [1.807, 2.05) is 32.0 Å². The van der Waals surface area contributed by atoms with E-state index in [0.717, 1.165) is 28.1 Å². The van der Waals surface area contributed by atoms with Crippen molar-refractivity contribution < 1.29 is 9.90 Å². The SMILES string of the molecule is CCc1cc(-c2sc(NC(=O)N3CCC(C#N)(CC)CC3)nc2-c2cccc(C#N)c2)cc(CO)n1. The molecule has 9 heteroatoms. The van der Waals surface area contributed by atoms with Crippen molar-refractivity contribution in [1.82, 2.24) is 14.9 Å². The fourth-order valence-electron chi connectivity index (χ4n) is 4.40. The highest BCUT2D eigenvalue weighted by Gasteiger charge is 2.34. The summed E-state index contributed by atoms with van der Waals surface area (Å²) < 4.78 is 0. The molecule has 0 aliphatic carbocycles. The largest absolute Gasteiger partial charge is 0.390 e. The number of anilines is 1. The first-order chi connectivity index (χ1) is 17.4. The molecule has 3 heterocycles. The van der Waals surface area contributed by atoms with Gasteiger partial charge in [0, 0.05) is 24.3 Å². The topological polar surface area (TPSA) is 126 Å². The van der Waals surface area contributed by atoms with Crippen LogP contribution in [0.15, 0.2) is 36.4 Å². The van der Waals surface area contributed by atoms with Crippen molar-refractivity contribution in [3.63, 3.8) is 0 Å². The molecule has 0 atom stereocenters. The van der Waals surface area contributed by atoms with Gasteiger partial charge in [0.25, 0.3) is 0 Å². The van der Waals surface area contributed by atoms with Crippen LogP contribution in [-0.2, 0) is 13.0 Å². The van der Waals surface area contributed by atoms with E-state index in [2.05, 4.69) is 22.4 Å². The summed E-state index contributed by atoms with van der Waals surface area (Å²) in [4.78, 5) is 24.8. The van der Waals surface area contributed by atoms with Crippen LogP contribution in [-0.4, -0.2) is 39.1 Å². The molecule has 0 radical (unpaired) electrons. The number of aromatic nitrogens is 2. The summed E-state index contributed by atoms with van der Waals surface area (Å²) in [7, 11) is 0. The molecule has 0 saturated carbocycles. The van der Waals surface area contributed by atoms with E-state index >= 15 is 0 Å². The van der Waals surface area contributed by atoms with E-state index in [-0.39, 0.29) is 18.1 Å². The smallest absolute Gasteiger partial charge is 0.323 e. The maximum absolute atomic E-state index is 13.1. The lowest BCUT2D eigenvalue weighted by Gasteiger charge is -2.36. The summed E-state index contributed by atoms with van der Waals surface area (Å²) in [5.74, 6) is 0. The summed E-state index contributed by atoms with van der Waals surface area (Å²) >= 11 is 1.35. The number of likely N-dealkylation sites (tertiary alicyclic amines) is 1. The van der Waals surface area contributed by atoms with Gasteiger partial charge in [0.05, 0.1) is 46.0 Å². The Morgan fingerprint density at radius 3 is 2.53 bits per heavy atom. The van der Waals surface area contributed by atoms with Crippen LogP contribution in [0.5, 0.6) is 0 Å². The second-order valence-electron chi connectivity index (χ2n) is 8.90. The fourth-order valence-corrected chi connectivity index (χ4v) is 5.36. The van der Waals surface area contributed by atoms with Crippen molar-refractivity contribution in [2.75, 3.05) is 18.4 Å². The Balaban J connectivity index is 1.68. The molecule has 36 heavy (non-hydrogen) atoms. The minimum Gasteiger partial charge on any atom is -0.390 e. The fraction of sp³-hybridized carbons (Fsp3) is 0.370. The third kappa shape index (κ3) is 5.23. The Kier molecular flexibility index (Phi) is 7.64. The van der Waals surface area contributed by atoms with Gasteiger partial charge in [-0.2, -0.15) is 10.5 Å². The number of pyridine rings is 1. The van der Waals surface area contributed by atoms with Gasteiger partial charge in [-0.25, -0.2) is 9.78 Å². The average molecular weight is 501 g/mol. The number of aliphatic hydroxyl groups excluding tert-OH is 1. The molecule has 1 aromatic carbocycles. The number of carbonyl (C=O) groups excluding carboxylic acids is 1. The molecule has 1 saturated heterocycles. The molecule has 2 N–H and O–H groups in total. The Hall–Kier alpha value is -3.79. The second kappa shape index (κ2) is 10.9. The normalized spacial score (nSPS) is 14.6. The number of hydrogen-bond acceptors (Lipinski definition) is 7. The van der Waals surface area contributed by atoms with Crippen LogP contribution < -0.4 is 5.32 Å². The van der Waals surface area contributed by atoms with Gasteiger partial charge in [-0.15, -0.1) is 0 Å². The van der Waals surface area contributed by atoms with Crippen molar-refractivity contribution in [3.8, 4) is 33.8 Å². The first-order valence-electron chi connectivity index (χ1n) is 12.0. The average Bonchev–Trinajstić information content (AvgIpc) is 3.36. The molecule has 1 aliphatic rings. The van der Waals surface area contributed by atoms with Gasteiger partial charge >= 0.3 is 6.03 Å². The Labute approximate surface area is 214 Å². The van der Waals surface area contributed by atoms with Gasteiger partial charge < -0.3 is 10.0 Å². The number of nitriles is 2. The summed E-state index contributed by atoms with van der Waals surface area (Å²) in [5.41, 5.74) is 3.83. The van der Waals surface area contributed by atoms with Gasteiger partial charge in [0.1, 0.15) is 0 Å². The summed E-state index contributed by atoms with van der Waals surface area (Å²) in [5, 5.41) is 32.1. The zero-order valence-electron chi connectivity index (χ0n) is 20.4. The number of piperidine rings is 1. The first kappa shape index (κ1) is 25.3. The zero-order chi connectivity index (χ0) is 25.7. The van der Waals surface area contributed by atoms with Crippen LogP contribution in [0.1, 0.15) is 50.1 Å². The highest BCUT2D eigenvalue weighted by Crippen LogP contribution is 2.40. The molecule has 8 nitrogen and oxygen atoms in total. The van der Waals surface area contributed by atoms with Gasteiger partial charge in [-0.3, -0.25) is 10.3 Å². The van der Waals surface area contributed by atoms with Gasteiger partial charge in [-0.05, 0) is 55.5 Å². The number of nitrogens with one attached hydrogen (secondary N) is 1. The minimum atomic E-state index is -0.354. The minimum absolute atomic E-state index is 0.181. The number of carbonyl (C=O) groups is 1. The molecule has 0 unspecified atom stereocenters. The number of benzene rings is 1. The molecular formula is C27H28N6O2S. The van der Waals surface area contributed by atoms with Gasteiger partial charge in [0.2, 0.25) is 0 Å². The number of rotatable bonds is 6. The highest BCUT2D eigenvalue weighted by molar-refractivity contribution is 7.19. The highest BCUT2D eigenvalue weighted by atomic mass is 32.1. The number of amides is 2. The predicted octanol–water partition coefficient (Wildman–Crippen LogP) is 5.35.